The average molecular weight is 320 g/mol. The summed E-state index contributed by atoms with van der Waals surface area (Å²) >= 11 is 7.54. The van der Waals surface area contributed by atoms with Crippen molar-refractivity contribution in [2.75, 3.05) is 6.54 Å². The predicted molar refractivity (Wildman–Crippen MR) is 88.8 cm³/mol. The van der Waals surface area contributed by atoms with E-state index in [-0.39, 0.29) is 11.9 Å². The van der Waals surface area contributed by atoms with Crippen molar-refractivity contribution in [2.45, 2.75) is 13.0 Å². The van der Waals surface area contributed by atoms with E-state index in [4.69, 9.17) is 11.6 Å². The Bertz CT molecular complexity index is 735. The molecular formula is C17H15ClFNS. The van der Waals surface area contributed by atoms with Gasteiger partial charge in [0.1, 0.15) is 5.82 Å². The van der Waals surface area contributed by atoms with Gasteiger partial charge in [0.2, 0.25) is 0 Å². The van der Waals surface area contributed by atoms with Crippen LogP contribution in [0.5, 0.6) is 0 Å². The van der Waals surface area contributed by atoms with Gasteiger partial charge >= 0.3 is 0 Å². The molecule has 1 heterocycles. The van der Waals surface area contributed by atoms with Gasteiger partial charge < -0.3 is 5.32 Å². The Labute approximate surface area is 132 Å². The summed E-state index contributed by atoms with van der Waals surface area (Å²) < 4.78 is 15.5. The van der Waals surface area contributed by atoms with Crippen LogP contribution in [0.1, 0.15) is 23.4 Å². The van der Waals surface area contributed by atoms with Gasteiger partial charge in [-0.1, -0.05) is 42.8 Å². The number of fused-ring (bicyclic) bond motifs is 1. The lowest BCUT2D eigenvalue weighted by atomic mass is 10.0. The van der Waals surface area contributed by atoms with E-state index in [9.17, 15) is 4.39 Å². The van der Waals surface area contributed by atoms with Crippen LogP contribution in [-0.4, -0.2) is 6.54 Å². The van der Waals surface area contributed by atoms with Crippen LogP contribution in [0.3, 0.4) is 0 Å². The first kappa shape index (κ1) is 14.5. The van der Waals surface area contributed by atoms with Gasteiger partial charge in [0, 0.05) is 20.2 Å². The lowest BCUT2D eigenvalue weighted by Gasteiger charge is -2.17. The molecule has 2 aromatic carbocycles. The molecule has 0 saturated carbocycles. The van der Waals surface area contributed by atoms with Crippen LogP contribution in [-0.2, 0) is 0 Å². The molecule has 4 heteroatoms. The van der Waals surface area contributed by atoms with Gasteiger partial charge in [0.05, 0.1) is 6.04 Å². The van der Waals surface area contributed by atoms with Crippen molar-refractivity contribution in [3.05, 3.63) is 69.8 Å². The Morgan fingerprint density at radius 2 is 2.00 bits per heavy atom. The third-order valence-electron chi connectivity index (χ3n) is 3.41. The van der Waals surface area contributed by atoms with Crippen LogP contribution in [0.2, 0.25) is 5.02 Å². The Kier molecular flexibility index (Phi) is 4.24. The number of nitrogens with one attached hydrogen (secondary N) is 1. The van der Waals surface area contributed by atoms with Gasteiger partial charge in [-0.25, -0.2) is 4.39 Å². The van der Waals surface area contributed by atoms with Gasteiger partial charge in [-0.2, -0.15) is 0 Å². The van der Waals surface area contributed by atoms with Crippen LogP contribution in [0.15, 0.2) is 48.5 Å². The molecule has 1 nitrogen and oxygen atoms in total. The summed E-state index contributed by atoms with van der Waals surface area (Å²) in [6, 6.07) is 15.0. The predicted octanol–water partition coefficient (Wildman–Crippen LogP) is 5.39. The molecule has 0 fully saturated rings. The Morgan fingerprint density at radius 1 is 1.19 bits per heavy atom. The molecule has 0 saturated heterocycles. The highest BCUT2D eigenvalue weighted by molar-refractivity contribution is 7.19. The molecule has 0 aliphatic carbocycles. The number of halogens is 2. The minimum Gasteiger partial charge on any atom is -0.306 e. The van der Waals surface area contributed by atoms with E-state index in [1.165, 1.54) is 16.2 Å². The fourth-order valence-electron chi connectivity index (χ4n) is 2.45. The molecule has 3 rings (SSSR count). The summed E-state index contributed by atoms with van der Waals surface area (Å²) in [5, 5.41) is 4.97. The Balaban J connectivity index is 2.08. The van der Waals surface area contributed by atoms with Crippen LogP contribution in [0, 0.1) is 5.82 Å². The quantitative estimate of drug-likeness (QED) is 0.679. The summed E-state index contributed by atoms with van der Waals surface area (Å²) in [4.78, 5) is 1.11. The maximum Gasteiger partial charge on any atom is 0.129 e. The Hall–Kier alpha value is -1.42. The van der Waals surface area contributed by atoms with Crippen molar-refractivity contribution in [1.29, 1.82) is 0 Å². The van der Waals surface area contributed by atoms with E-state index in [1.807, 2.05) is 19.1 Å². The monoisotopic (exact) mass is 319 g/mol. The van der Waals surface area contributed by atoms with Gasteiger partial charge in [0.15, 0.2) is 0 Å². The minimum atomic E-state index is -0.272. The third-order valence-corrected chi connectivity index (χ3v) is 4.83. The molecule has 3 aromatic rings. The molecule has 1 N–H and O–H groups in total. The van der Waals surface area contributed by atoms with E-state index in [2.05, 4.69) is 23.5 Å². The summed E-state index contributed by atoms with van der Waals surface area (Å²) in [7, 11) is 0. The number of rotatable bonds is 4. The molecule has 1 unspecified atom stereocenters. The fourth-order valence-corrected chi connectivity index (χ4v) is 3.77. The first-order valence-corrected chi connectivity index (χ1v) is 8.05. The zero-order valence-corrected chi connectivity index (χ0v) is 13.1. The molecule has 0 bridgehead atoms. The summed E-state index contributed by atoms with van der Waals surface area (Å²) in [5.74, 6) is -0.272. The molecule has 0 aliphatic rings. The lowest BCUT2D eigenvalue weighted by Crippen LogP contribution is -2.22. The molecule has 0 spiro atoms. The van der Waals surface area contributed by atoms with Crippen molar-refractivity contribution in [3.63, 3.8) is 0 Å². The van der Waals surface area contributed by atoms with Crippen molar-refractivity contribution in [3.8, 4) is 0 Å². The zero-order valence-electron chi connectivity index (χ0n) is 11.6. The zero-order chi connectivity index (χ0) is 14.8. The third kappa shape index (κ3) is 2.95. The van der Waals surface area contributed by atoms with Crippen molar-refractivity contribution in [2.24, 2.45) is 0 Å². The highest BCUT2D eigenvalue weighted by Gasteiger charge is 2.19. The highest BCUT2D eigenvalue weighted by atomic mass is 35.5. The molecule has 21 heavy (non-hydrogen) atoms. The van der Waals surface area contributed by atoms with E-state index >= 15 is 0 Å². The smallest absolute Gasteiger partial charge is 0.129 e. The van der Waals surface area contributed by atoms with Crippen LogP contribution >= 0.6 is 22.9 Å². The van der Waals surface area contributed by atoms with Crippen LogP contribution < -0.4 is 5.32 Å². The summed E-state index contributed by atoms with van der Waals surface area (Å²) in [6.45, 7) is 2.79. The number of benzene rings is 2. The topological polar surface area (TPSA) is 12.0 Å². The molecule has 1 aromatic heterocycles. The maximum atomic E-state index is 14.2. The molecular weight excluding hydrogens is 305 g/mol. The second-order valence-electron chi connectivity index (χ2n) is 4.84. The minimum absolute atomic E-state index is 0.148. The first-order valence-electron chi connectivity index (χ1n) is 6.86. The molecule has 0 aliphatic heterocycles. The summed E-state index contributed by atoms with van der Waals surface area (Å²) in [5.41, 5.74) is 0.632. The molecule has 0 amide bonds. The van der Waals surface area contributed by atoms with E-state index < -0.39 is 0 Å². The fraction of sp³-hybridized carbons (Fsp3) is 0.176. The van der Waals surface area contributed by atoms with E-state index in [1.54, 1.807) is 23.5 Å². The van der Waals surface area contributed by atoms with Gasteiger partial charge in [-0.3, -0.25) is 0 Å². The SMILES string of the molecule is CCNC(c1cc2ccccc2s1)c1ccc(Cl)cc1F. The molecule has 0 radical (unpaired) electrons. The van der Waals surface area contributed by atoms with Gasteiger partial charge in [-0.05, 0) is 36.2 Å². The summed E-state index contributed by atoms with van der Waals surface area (Å²) in [6.07, 6.45) is 0. The lowest BCUT2D eigenvalue weighted by molar-refractivity contribution is 0.563. The number of hydrogen-bond acceptors (Lipinski definition) is 2. The standard InChI is InChI=1S/C17H15ClFNS/c1-2-20-17(13-8-7-12(18)10-14(13)19)16-9-11-5-3-4-6-15(11)21-16/h3-10,17,20H,2H2,1H3. The second-order valence-corrected chi connectivity index (χ2v) is 6.39. The molecule has 1 atom stereocenters. The van der Waals surface area contributed by atoms with Gasteiger partial charge in [-0.15, -0.1) is 11.3 Å². The number of thiophene rings is 1. The van der Waals surface area contributed by atoms with Crippen molar-refractivity contribution >= 4 is 33.0 Å². The van der Waals surface area contributed by atoms with Crippen LogP contribution in [0.4, 0.5) is 4.39 Å². The van der Waals surface area contributed by atoms with Crippen molar-refractivity contribution in [1.82, 2.24) is 5.32 Å². The van der Waals surface area contributed by atoms with E-state index in [0.29, 0.717) is 10.6 Å². The van der Waals surface area contributed by atoms with Crippen molar-refractivity contribution < 1.29 is 4.39 Å². The van der Waals surface area contributed by atoms with Gasteiger partial charge in [0.25, 0.3) is 0 Å². The maximum absolute atomic E-state index is 14.2. The second kappa shape index (κ2) is 6.14. The highest BCUT2D eigenvalue weighted by Crippen LogP contribution is 2.34. The van der Waals surface area contributed by atoms with E-state index in [0.717, 1.165) is 11.4 Å². The average Bonchev–Trinajstić information content (AvgIpc) is 2.89. The largest absolute Gasteiger partial charge is 0.306 e. The Morgan fingerprint density at radius 3 is 2.71 bits per heavy atom. The number of hydrogen-bond donors (Lipinski definition) is 1. The normalized spacial score (nSPS) is 12.7. The van der Waals surface area contributed by atoms with Crippen LogP contribution in [0.25, 0.3) is 10.1 Å². The molecule has 108 valence electrons. The first-order chi connectivity index (χ1) is 10.2.